The Morgan fingerprint density at radius 1 is 1.24 bits per heavy atom. The molecule has 4 heteroatoms. The van der Waals surface area contributed by atoms with Gasteiger partial charge in [0.15, 0.2) is 0 Å². The Morgan fingerprint density at radius 3 is 2.65 bits per heavy atom. The first-order valence-electron chi connectivity index (χ1n) is 5.88. The lowest BCUT2D eigenvalue weighted by Crippen LogP contribution is -2.03. The minimum Gasteiger partial charge on any atom is -0.492 e. The van der Waals surface area contributed by atoms with Crippen LogP contribution in [0.5, 0.6) is 5.75 Å². The number of ether oxygens (including phenoxy) is 2. The highest BCUT2D eigenvalue weighted by molar-refractivity contribution is 9.10. The van der Waals surface area contributed by atoms with Gasteiger partial charge < -0.3 is 15.2 Å². The molecule has 96 valence electrons. The van der Waals surface area contributed by atoms with Crippen LogP contribution in [0.2, 0.25) is 0 Å². The lowest BCUT2D eigenvalue weighted by atomic mass is 10.1. The van der Waals surface area contributed by atoms with Crippen LogP contribution in [-0.4, -0.2) is 26.9 Å². The number of nitrogens with two attached hydrogens (primary N) is 1. The average molecular weight is 302 g/mol. The SMILES string of the molecule is COCCCCOc1ccc(CCN)cc1Br. The van der Waals surface area contributed by atoms with Gasteiger partial charge >= 0.3 is 0 Å². The first kappa shape index (κ1) is 14.5. The molecule has 0 fully saturated rings. The van der Waals surface area contributed by atoms with Crippen LogP contribution in [0, 0.1) is 0 Å². The molecule has 1 aromatic rings. The van der Waals surface area contributed by atoms with Gasteiger partial charge in [-0.3, -0.25) is 0 Å². The molecule has 17 heavy (non-hydrogen) atoms. The quantitative estimate of drug-likeness (QED) is 0.751. The zero-order chi connectivity index (χ0) is 12.5. The number of benzene rings is 1. The Balaban J connectivity index is 2.38. The van der Waals surface area contributed by atoms with E-state index in [9.17, 15) is 0 Å². The molecule has 0 amide bonds. The molecule has 1 aromatic carbocycles. The molecule has 0 spiro atoms. The van der Waals surface area contributed by atoms with Crippen LogP contribution in [0.3, 0.4) is 0 Å². The molecular formula is C13H20BrNO2. The number of unbranched alkanes of at least 4 members (excludes halogenated alkanes) is 1. The third-order valence-corrected chi connectivity index (χ3v) is 3.05. The predicted molar refractivity (Wildman–Crippen MR) is 73.5 cm³/mol. The third kappa shape index (κ3) is 5.52. The molecule has 0 atom stereocenters. The van der Waals surface area contributed by atoms with Crippen molar-refractivity contribution in [2.24, 2.45) is 5.73 Å². The summed E-state index contributed by atoms with van der Waals surface area (Å²) >= 11 is 3.51. The molecule has 2 N–H and O–H groups in total. The smallest absolute Gasteiger partial charge is 0.133 e. The van der Waals surface area contributed by atoms with Crippen LogP contribution >= 0.6 is 15.9 Å². The Bertz CT molecular complexity index is 331. The van der Waals surface area contributed by atoms with Crippen molar-refractivity contribution in [2.75, 3.05) is 26.9 Å². The monoisotopic (exact) mass is 301 g/mol. The Morgan fingerprint density at radius 2 is 2.00 bits per heavy atom. The van der Waals surface area contributed by atoms with E-state index in [1.807, 2.05) is 6.07 Å². The van der Waals surface area contributed by atoms with E-state index in [-0.39, 0.29) is 0 Å². The van der Waals surface area contributed by atoms with Crippen LogP contribution < -0.4 is 10.5 Å². The van der Waals surface area contributed by atoms with Gasteiger partial charge in [0.05, 0.1) is 11.1 Å². The maximum Gasteiger partial charge on any atom is 0.133 e. The molecule has 0 aliphatic rings. The van der Waals surface area contributed by atoms with Crippen molar-refractivity contribution in [3.63, 3.8) is 0 Å². The standard InChI is InChI=1S/C13H20BrNO2/c1-16-8-2-3-9-17-13-5-4-11(6-7-15)10-12(13)14/h4-5,10H,2-3,6-9,15H2,1H3. The maximum absolute atomic E-state index is 5.68. The molecule has 0 saturated carbocycles. The van der Waals surface area contributed by atoms with Crippen molar-refractivity contribution in [3.8, 4) is 5.75 Å². The summed E-state index contributed by atoms with van der Waals surface area (Å²) in [7, 11) is 1.72. The topological polar surface area (TPSA) is 44.5 Å². The summed E-state index contributed by atoms with van der Waals surface area (Å²) in [5.41, 5.74) is 6.74. The van der Waals surface area contributed by atoms with E-state index in [0.717, 1.165) is 42.7 Å². The van der Waals surface area contributed by atoms with Crippen LogP contribution in [0.4, 0.5) is 0 Å². The normalized spacial score (nSPS) is 10.5. The van der Waals surface area contributed by atoms with E-state index in [4.69, 9.17) is 15.2 Å². The number of hydrogen-bond donors (Lipinski definition) is 1. The van der Waals surface area contributed by atoms with Gasteiger partial charge in [-0.1, -0.05) is 6.07 Å². The molecule has 0 saturated heterocycles. The molecule has 0 bridgehead atoms. The number of hydrogen-bond acceptors (Lipinski definition) is 3. The fourth-order valence-electron chi connectivity index (χ4n) is 1.51. The summed E-state index contributed by atoms with van der Waals surface area (Å²) in [6, 6.07) is 6.12. The van der Waals surface area contributed by atoms with Gasteiger partial charge in [0.1, 0.15) is 5.75 Å². The lowest BCUT2D eigenvalue weighted by molar-refractivity contribution is 0.184. The number of methoxy groups -OCH3 is 1. The second-order valence-electron chi connectivity index (χ2n) is 3.85. The fourth-order valence-corrected chi connectivity index (χ4v) is 2.05. The molecule has 0 aliphatic heterocycles. The van der Waals surface area contributed by atoms with Gasteiger partial charge in [-0.25, -0.2) is 0 Å². The van der Waals surface area contributed by atoms with Crippen molar-refractivity contribution in [1.29, 1.82) is 0 Å². The average Bonchev–Trinajstić information content (AvgIpc) is 2.32. The van der Waals surface area contributed by atoms with Crippen molar-refractivity contribution >= 4 is 15.9 Å². The molecule has 0 aromatic heterocycles. The first-order valence-corrected chi connectivity index (χ1v) is 6.67. The van der Waals surface area contributed by atoms with Crippen molar-refractivity contribution in [2.45, 2.75) is 19.3 Å². The zero-order valence-electron chi connectivity index (χ0n) is 10.2. The second kappa shape index (κ2) is 8.50. The minimum absolute atomic E-state index is 0.670. The third-order valence-electron chi connectivity index (χ3n) is 2.43. The molecular weight excluding hydrogens is 282 g/mol. The van der Waals surface area contributed by atoms with Gasteiger partial charge in [0, 0.05) is 13.7 Å². The maximum atomic E-state index is 5.68. The molecule has 0 aliphatic carbocycles. The van der Waals surface area contributed by atoms with E-state index in [1.165, 1.54) is 5.56 Å². The van der Waals surface area contributed by atoms with E-state index in [0.29, 0.717) is 6.54 Å². The van der Waals surface area contributed by atoms with Gasteiger partial charge in [-0.05, 0) is 59.4 Å². The number of halogens is 1. The molecule has 3 nitrogen and oxygen atoms in total. The van der Waals surface area contributed by atoms with E-state index >= 15 is 0 Å². The highest BCUT2D eigenvalue weighted by Crippen LogP contribution is 2.26. The molecule has 1 rings (SSSR count). The van der Waals surface area contributed by atoms with E-state index in [2.05, 4.69) is 28.1 Å². The fraction of sp³-hybridized carbons (Fsp3) is 0.538. The highest BCUT2D eigenvalue weighted by Gasteiger charge is 2.02. The minimum atomic E-state index is 0.670. The summed E-state index contributed by atoms with van der Waals surface area (Å²) in [6.07, 6.45) is 2.93. The van der Waals surface area contributed by atoms with Gasteiger partial charge in [-0.15, -0.1) is 0 Å². The van der Waals surface area contributed by atoms with Gasteiger partial charge in [-0.2, -0.15) is 0 Å². The lowest BCUT2D eigenvalue weighted by Gasteiger charge is -2.09. The van der Waals surface area contributed by atoms with Crippen LogP contribution in [0.1, 0.15) is 18.4 Å². The Labute approximate surface area is 111 Å². The summed E-state index contributed by atoms with van der Waals surface area (Å²) in [6.45, 7) is 2.18. The summed E-state index contributed by atoms with van der Waals surface area (Å²) < 4.78 is 11.7. The first-order chi connectivity index (χ1) is 8.27. The van der Waals surface area contributed by atoms with Crippen molar-refractivity contribution in [3.05, 3.63) is 28.2 Å². The van der Waals surface area contributed by atoms with Crippen LogP contribution in [-0.2, 0) is 11.2 Å². The summed E-state index contributed by atoms with van der Waals surface area (Å²) in [4.78, 5) is 0. The molecule has 0 heterocycles. The van der Waals surface area contributed by atoms with Crippen molar-refractivity contribution < 1.29 is 9.47 Å². The molecule has 0 unspecified atom stereocenters. The van der Waals surface area contributed by atoms with Crippen molar-refractivity contribution in [1.82, 2.24) is 0 Å². The largest absolute Gasteiger partial charge is 0.492 e. The second-order valence-corrected chi connectivity index (χ2v) is 4.71. The summed E-state index contributed by atoms with van der Waals surface area (Å²) in [5.74, 6) is 0.892. The number of rotatable bonds is 8. The Kier molecular flexibility index (Phi) is 7.24. The molecule has 0 radical (unpaired) electrons. The van der Waals surface area contributed by atoms with Crippen LogP contribution in [0.25, 0.3) is 0 Å². The summed E-state index contributed by atoms with van der Waals surface area (Å²) in [5, 5.41) is 0. The van der Waals surface area contributed by atoms with E-state index in [1.54, 1.807) is 7.11 Å². The zero-order valence-corrected chi connectivity index (χ0v) is 11.8. The predicted octanol–water partition coefficient (Wildman–Crippen LogP) is 2.76. The van der Waals surface area contributed by atoms with E-state index < -0.39 is 0 Å². The van der Waals surface area contributed by atoms with Crippen LogP contribution in [0.15, 0.2) is 22.7 Å². The van der Waals surface area contributed by atoms with Gasteiger partial charge in [0.2, 0.25) is 0 Å². The highest BCUT2D eigenvalue weighted by atomic mass is 79.9. The van der Waals surface area contributed by atoms with Gasteiger partial charge in [0.25, 0.3) is 0 Å². The Hall–Kier alpha value is -0.580.